The lowest BCUT2D eigenvalue weighted by molar-refractivity contribution is 0.230. The van der Waals surface area contributed by atoms with E-state index >= 15 is 0 Å². The van der Waals surface area contributed by atoms with Gasteiger partial charge < -0.3 is 20.5 Å². The molecule has 5 nitrogen and oxygen atoms in total. The van der Waals surface area contributed by atoms with E-state index in [1.807, 2.05) is 31.2 Å². The third-order valence-corrected chi connectivity index (χ3v) is 3.96. The molecule has 6 heteroatoms. The van der Waals surface area contributed by atoms with Crippen LogP contribution in [-0.2, 0) is 0 Å². The summed E-state index contributed by atoms with van der Waals surface area (Å²) in [4.78, 5) is 11.7. The number of rotatable bonds is 7. The lowest BCUT2D eigenvalue weighted by Crippen LogP contribution is -2.41. The van der Waals surface area contributed by atoms with E-state index in [9.17, 15) is 4.79 Å². The van der Waals surface area contributed by atoms with E-state index in [1.54, 1.807) is 6.07 Å². The minimum Gasteiger partial charge on any atom is -0.493 e. The monoisotopic (exact) mass is 338 g/mol. The number of urea groups is 1. The number of benzene rings is 1. The van der Waals surface area contributed by atoms with Crippen LogP contribution in [0.3, 0.4) is 0 Å². The molecular formula is C17H23ClN2O3. The topological polar surface area (TPSA) is 70.6 Å². The van der Waals surface area contributed by atoms with Gasteiger partial charge in [0.05, 0.1) is 6.61 Å². The number of halogens is 1. The van der Waals surface area contributed by atoms with E-state index in [1.165, 1.54) is 0 Å². The third kappa shape index (κ3) is 5.77. The molecule has 0 spiro atoms. The SMILES string of the molecule is Cc1cc(Cl)ccc1OCCCNC(=O)N[C@@H]1C=C[C@H](CO)C1. The summed E-state index contributed by atoms with van der Waals surface area (Å²) in [6, 6.07) is 5.31. The molecule has 0 saturated heterocycles. The maximum Gasteiger partial charge on any atom is 0.315 e. The zero-order valence-electron chi connectivity index (χ0n) is 13.2. The van der Waals surface area contributed by atoms with Crippen molar-refractivity contribution in [2.75, 3.05) is 19.8 Å². The van der Waals surface area contributed by atoms with E-state index in [4.69, 9.17) is 21.4 Å². The number of ether oxygens (including phenoxy) is 1. The molecule has 1 aliphatic carbocycles. The zero-order valence-corrected chi connectivity index (χ0v) is 14.0. The summed E-state index contributed by atoms with van der Waals surface area (Å²) >= 11 is 5.89. The summed E-state index contributed by atoms with van der Waals surface area (Å²) in [5, 5.41) is 15.4. The maximum absolute atomic E-state index is 11.7. The Balaban J connectivity index is 1.58. The Morgan fingerprint density at radius 3 is 2.96 bits per heavy atom. The maximum atomic E-state index is 11.7. The molecule has 1 aromatic rings. The molecule has 2 amide bonds. The number of hydrogen-bond acceptors (Lipinski definition) is 3. The molecule has 23 heavy (non-hydrogen) atoms. The molecule has 0 aliphatic heterocycles. The van der Waals surface area contributed by atoms with Crippen molar-refractivity contribution in [1.29, 1.82) is 0 Å². The average molecular weight is 339 g/mol. The second-order valence-electron chi connectivity index (χ2n) is 5.68. The van der Waals surface area contributed by atoms with Gasteiger partial charge in [-0.15, -0.1) is 0 Å². The Morgan fingerprint density at radius 2 is 2.26 bits per heavy atom. The minimum atomic E-state index is -0.194. The minimum absolute atomic E-state index is 0.000108. The Bertz CT molecular complexity index is 563. The fraction of sp³-hybridized carbons (Fsp3) is 0.471. The molecule has 0 heterocycles. The van der Waals surface area contributed by atoms with E-state index in [2.05, 4.69) is 10.6 Å². The number of carbonyl (C=O) groups excluding carboxylic acids is 1. The predicted molar refractivity (Wildman–Crippen MR) is 91.0 cm³/mol. The first kappa shape index (κ1) is 17.6. The van der Waals surface area contributed by atoms with Crippen LogP contribution in [0, 0.1) is 12.8 Å². The van der Waals surface area contributed by atoms with Crippen LogP contribution in [0.15, 0.2) is 30.4 Å². The average Bonchev–Trinajstić information content (AvgIpc) is 2.96. The fourth-order valence-electron chi connectivity index (χ4n) is 2.47. The largest absolute Gasteiger partial charge is 0.493 e. The van der Waals surface area contributed by atoms with Gasteiger partial charge in [0.15, 0.2) is 0 Å². The van der Waals surface area contributed by atoms with Crippen LogP contribution in [0.4, 0.5) is 4.79 Å². The molecule has 0 aromatic heterocycles. The smallest absolute Gasteiger partial charge is 0.315 e. The van der Waals surface area contributed by atoms with Gasteiger partial charge >= 0.3 is 6.03 Å². The van der Waals surface area contributed by atoms with Crippen LogP contribution >= 0.6 is 11.6 Å². The van der Waals surface area contributed by atoms with E-state index < -0.39 is 0 Å². The van der Waals surface area contributed by atoms with Crippen LogP contribution in [-0.4, -0.2) is 36.9 Å². The Kier molecular flexibility index (Phi) is 6.74. The van der Waals surface area contributed by atoms with Gasteiger partial charge in [0, 0.05) is 30.1 Å². The van der Waals surface area contributed by atoms with Gasteiger partial charge in [-0.3, -0.25) is 0 Å². The zero-order chi connectivity index (χ0) is 16.7. The summed E-state index contributed by atoms with van der Waals surface area (Å²) in [5.41, 5.74) is 0.995. The van der Waals surface area contributed by atoms with Crippen molar-refractivity contribution < 1.29 is 14.6 Å². The van der Waals surface area contributed by atoms with Crippen molar-refractivity contribution in [3.63, 3.8) is 0 Å². The molecule has 1 aromatic carbocycles. The summed E-state index contributed by atoms with van der Waals surface area (Å²) in [7, 11) is 0. The third-order valence-electron chi connectivity index (χ3n) is 3.72. The highest BCUT2D eigenvalue weighted by molar-refractivity contribution is 6.30. The van der Waals surface area contributed by atoms with Gasteiger partial charge in [-0.25, -0.2) is 4.79 Å². The van der Waals surface area contributed by atoms with Gasteiger partial charge in [0.1, 0.15) is 5.75 Å². The summed E-state index contributed by atoms with van der Waals surface area (Å²) in [6.45, 7) is 3.14. The molecular weight excluding hydrogens is 316 g/mol. The normalized spacial score (nSPS) is 19.6. The second-order valence-corrected chi connectivity index (χ2v) is 6.12. The lowest BCUT2D eigenvalue weighted by atomic mass is 10.1. The highest BCUT2D eigenvalue weighted by atomic mass is 35.5. The van der Waals surface area contributed by atoms with Crippen LogP contribution in [0.1, 0.15) is 18.4 Å². The first-order chi connectivity index (χ1) is 11.1. The van der Waals surface area contributed by atoms with E-state index in [0.29, 0.717) is 18.2 Å². The van der Waals surface area contributed by atoms with Crippen LogP contribution in [0.25, 0.3) is 0 Å². The Hall–Kier alpha value is -1.72. The van der Waals surface area contributed by atoms with Gasteiger partial charge in [-0.2, -0.15) is 0 Å². The van der Waals surface area contributed by atoms with Crippen molar-refractivity contribution in [2.45, 2.75) is 25.8 Å². The fourth-order valence-corrected chi connectivity index (χ4v) is 2.69. The number of aliphatic hydroxyl groups excluding tert-OH is 1. The molecule has 3 N–H and O–H groups in total. The second kappa shape index (κ2) is 8.79. The highest BCUT2D eigenvalue weighted by Gasteiger charge is 2.19. The number of aliphatic hydroxyl groups is 1. The van der Waals surface area contributed by atoms with Crippen LogP contribution in [0.5, 0.6) is 5.75 Å². The summed E-state index contributed by atoms with van der Waals surface area (Å²) < 4.78 is 5.67. The van der Waals surface area contributed by atoms with Crippen molar-refractivity contribution in [3.8, 4) is 5.75 Å². The molecule has 2 atom stereocenters. The first-order valence-electron chi connectivity index (χ1n) is 7.81. The van der Waals surface area contributed by atoms with Gasteiger partial charge in [-0.1, -0.05) is 23.8 Å². The molecule has 0 unspecified atom stereocenters. The molecule has 0 fully saturated rings. The molecule has 0 bridgehead atoms. The van der Waals surface area contributed by atoms with Crippen molar-refractivity contribution in [1.82, 2.24) is 10.6 Å². The van der Waals surface area contributed by atoms with Gasteiger partial charge in [0.25, 0.3) is 0 Å². The Morgan fingerprint density at radius 1 is 1.43 bits per heavy atom. The van der Waals surface area contributed by atoms with Crippen molar-refractivity contribution >= 4 is 17.6 Å². The van der Waals surface area contributed by atoms with E-state index in [0.717, 1.165) is 24.2 Å². The molecule has 0 saturated carbocycles. The molecule has 126 valence electrons. The number of aryl methyl sites for hydroxylation is 1. The predicted octanol–water partition coefficient (Wildman–Crippen LogP) is 2.65. The Labute approximate surface area is 141 Å². The molecule has 0 radical (unpaired) electrons. The number of hydrogen-bond donors (Lipinski definition) is 3. The highest BCUT2D eigenvalue weighted by Crippen LogP contribution is 2.21. The first-order valence-corrected chi connectivity index (χ1v) is 8.19. The molecule has 2 rings (SSSR count). The molecule has 1 aliphatic rings. The number of amides is 2. The number of nitrogens with one attached hydrogen (secondary N) is 2. The quantitative estimate of drug-likeness (QED) is 0.528. The van der Waals surface area contributed by atoms with Crippen molar-refractivity contribution in [2.24, 2.45) is 5.92 Å². The van der Waals surface area contributed by atoms with Gasteiger partial charge in [0.2, 0.25) is 0 Å². The van der Waals surface area contributed by atoms with Crippen LogP contribution < -0.4 is 15.4 Å². The summed E-state index contributed by atoms with van der Waals surface area (Å²) in [5.74, 6) is 0.960. The number of carbonyl (C=O) groups is 1. The van der Waals surface area contributed by atoms with Crippen LogP contribution in [0.2, 0.25) is 5.02 Å². The standard InChI is InChI=1S/C17H23ClN2O3/c1-12-9-14(18)4-6-16(12)23-8-2-7-19-17(22)20-15-5-3-13(10-15)11-21/h3-6,9,13,15,21H,2,7-8,10-11H2,1H3,(H2,19,20,22)/t13-,15+/m0/s1. The van der Waals surface area contributed by atoms with Crippen molar-refractivity contribution in [3.05, 3.63) is 40.9 Å². The summed E-state index contributed by atoms with van der Waals surface area (Å²) in [6.07, 6.45) is 5.33. The van der Waals surface area contributed by atoms with Gasteiger partial charge in [-0.05, 0) is 43.5 Å². The van der Waals surface area contributed by atoms with E-state index in [-0.39, 0.29) is 24.6 Å². The lowest BCUT2D eigenvalue weighted by Gasteiger charge is -2.14.